The van der Waals surface area contributed by atoms with Crippen LogP contribution in [-0.4, -0.2) is 25.7 Å². The first-order valence-corrected chi connectivity index (χ1v) is 7.93. The predicted molar refractivity (Wildman–Crippen MR) is 92.9 cm³/mol. The fraction of sp³-hybridized carbons (Fsp3) is 0.389. The van der Waals surface area contributed by atoms with Crippen LogP contribution < -0.4 is 15.4 Å². The van der Waals surface area contributed by atoms with E-state index in [-0.39, 0.29) is 0 Å². The summed E-state index contributed by atoms with van der Waals surface area (Å²) in [7, 11) is 0. The molecule has 0 atom stereocenters. The first-order valence-electron chi connectivity index (χ1n) is 7.93. The molecule has 2 N–H and O–H groups in total. The van der Waals surface area contributed by atoms with Gasteiger partial charge in [-0.15, -0.1) is 0 Å². The Morgan fingerprint density at radius 2 is 1.96 bits per heavy atom. The number of nitrogens with zero attached hydrogens (tertiary/aromatic N) is 1. The summed E-state index contributed by atoms with van der Waals surface area (Å²) in [6.45, 7) is 8.76. The maximum Gasteiger partial charge on any atom is 0.191 e. The molecule has 0 aliphatic heterocycles. The van der Waals surface area contributed by atoms with Crippen molar-refractivity contribution in [1.82, 2.24) is 10.6 Å². The Bertz CT molecular complexity index is 601. The van der Waals surface area contributed by atoms with Crippen molar-refractivity contribution in [2.24, 2.45) is 4.99 Å². The number of hydrogen-bond donors (Lipinski definition) is 2. The van der Waals surface area contributed by atoms with E-state index in [1.165, 1.54) is 11.1 Å². The van der Waals surface area contributed by atoms with E-state index in [0.717, 1.165) is 24.0 Å². The van der Waals surface area contributed by atoms with Crippen LogP contribution in [0.2, 0.25) is 0 Å². The molecule has 2 rings (SSSR count). The fourth-order valence-electron chi connectivity index (χ4n) is 2.26. The highest BCUT2D eigenvalue weighted by Crippen LogP contribution is 2.15. The Hall–Kier alpha value is -2.43. The summed E-state index contributed by atoms with van der Waals surface area (Å²) in [5.41, 5.74) is 2.42. The van der Waals surface area contributed by atoms with Crippen molar-refractivity contribution in [2.45, 2.75) is 27.3 Å². The van der Waals surface area contributed by atoms with Crippen LogP contribution in [0, 0.1) is 13.8 Å². The average Bonchev–Trinajstić information content (AvgIpc) is 3.01. The Morgan fingerprint density at radius 1 is 1.17 bits per heavy atom. The van der Waals surface area contributed by atoms with Crippen molar-refractivity contribution in [2.75, 3.05) is 19.7 Å². The van der Waals surface area contributed by atoms with Gasteiger partial charge in [0.1, 0.15) is 24.7 Å². The first-order chi connectivity index (χ1) is 11.2. The zero-order valence-electron chi connectivity index (χ0n) is 14.1. The Morgan fingerprint density at radius 3 is 2.61 bits per heavy atom. The number of hydrogen-bond acceptors (Lipinski definition) is 3. The van der Waals surface area contributed by atoms with Crippen molar-refractivity contribution >= 4 is 5.96 Å². The molecule has 1 aromatic carbocycles. The number of ether oxygens (including phenoxy) is 1. The van der Waals surface area contributed by atoms with Crippen LogP contribution in [0.25, 0.3) is 0 Å². The van der Waals surface area contributed by atoms with Crippen LogP contribution in [0.4, 0.5) is 0 Å². The van der Waals surface area contributed by atoms with Gasteiger partial charge in [-0.3, -0.25) is 0 Å². The molecule has 0 amide bonds. The molecule has 2 aromatic rings. The van der Waals surface area contributed by atoms with E-state index in [9.17, 15) is 0 Å². The van der Waals surface area contributed by atoms with Crippen molar-refractivity contribution < 1.29 is 9.15 Å². The number of rotatable bonds is 7. The average molecular weight is 315 g/mol. The van der Waals surface area contributed by atoms with Gasteiger partial charge >= 0.3 is 0 Å². The normalized spacial score (nSPS) is 11.3. The van der Waals surface area contributed by atoms with E-state index in [1.54, 1.807) is 6.26 Å². The van der Waals surface area contributed by atoms with Gasteiger partial charge in [0, 0.05) is 6.54 Å². The standard InChI is InChI=1S/C18H25N3O2/c1-4-19-18(21-13-16-6-5-8-22-16)20-7-9-23-17-11-14(2)10-15(3)12-17/h5-6,8,10-12H,4,7,9,13H2,1-3H3,(H2,19,20,21). The number of aliphatic imine (C=N–C) groups is 1. The van der Waals surface area contributed by atoms with E-state index in [0.29, 0.717) is 19.7 Å². The molecule has 23 heavy (non-hydrogen) atoms. The summed E-state index contributed by atoms with van der Waals surface area (Å²) in [5, 5.41) is 6.46. The van der Waals surface area contributed by atoms with Crippen LogP contribution in [0.3, 0.4) is 0 Å². The maximum absolute atomic E-state index is 5.78. The zero-order chi connectivity index (χ0) is 16.5. The summed E-state index contributed by atoms with van der Waals surface area (Å²) in [6, 6.07) is 10.0. The number of guanidine groups is 1. The third-order valence-electron chi connectivity index (χ3n) is 3.18. The van der Waals surface area contributed by atoms with Gasteiger partial charge in [0.2, 0.25) is 0 Å². The van der Waals surface area contributed by atoms with Crippen molar-refractivity contribution in [3.63, 3.8) is 0 Å². The van der Waals surface area contributed by atoms with Gasteiger partial charge < -0.3 is 19.8 Å². The fourth-order valence-corrected chi connectivity index (χ4v) is 2.26. The van der Waals surface area contributed by atoms with Gasteiger partial charge in [0.25, 0.3) is 0 Å². The molecule has 0 aliphatic rings. The first kappa shape index (κ1) is 16.9. The van der Waals surface area contributed by atoms with E-state index in [4.69, 9.17) is 9.15 Å². The summed E-state index contributed by atoms with van der Waals surface area (Å²) < 4.78 is 11.1. The summed E-state index contributed by atoms with van der Waals surface area (Å²) in [5.74, 6) is 2.50. The smallest absolute Gasteiger partial charge is 0.191 e. The number of nitrogens with one attached hydrogen (secondary N) is 2. The minimum absolute atomic E-state index is 0.514. The van der Waals surface area contributed by atoms with Crippen LogP contribution in [0.15, 0.2) is 46.0 Å². The lowest BCUT2D eigenvalue weighted by Gasteiger charge is -2.12. The van der Waals surface area contributed by atoms with Gasteiger partial charge in [-0.1, -0.05) is 6.07 Å². The Kier molecular flexibility index (Phi) is 6.54. The second-order valence-electron chi connectivity index (χ2n) is 5.37. The second kappa shape index (κ2) is 8.88. The molecule has 0 aliphatic carbocycles. The maximum atomic E-state index is 5.78. The zero-order valence-corrected chi connectivity index (χ0v) is 14.1. The highest BCUT2D eigenvalue weighted by Gasteiger charge is 2.00. The van der Waals surface area contributed by atoms with Gasteiger partial charge in [-0.05, 0) is 56.2 Å². The highest BCUT2D eigenvalue weighted by molar-refractivity contribution is 5.79. The molecule has 0 fully saturated rings. The number of furan rings is 1. The number of aryl methyl sites for hydroxylation is 2. The monoisotopic (exact) mass is 315 g/mol. The van der Waals surface area contributed by atoms with E-state index in [2.05, 4.69) is 35.5 Å². The van der Waals surface area contributed by atoms with Crippen molar-refractivity contribution in [3.8, 4) is 5.75 Å². The van der Waals surface area contributed by atoms with E-state index >= 15 is 0 Å². The molecular formula is C18H25N3O2. The summed E-state index contributed by atoms with van der Waals surface area (Å²) in [4.78, 5) is 4.47. The van der Waals surface area contributed by atoms with E-state index < -0.39 is 0 Å². The molecule has 1 heterocycles. The lowest BCUT2D eigenvalue weighted by molar-refractivity contribution is 0.321. The van der Waals surface area contributed by atoms with Crippen LogP contribution in [0.1, 0.15) is 23.8 Å². The molecule has 0 bridgehead atoms. The quantitative estimate of drug-likeness (QED) is 0.468. The van der Waals surface area contributed by atoms with Gasteiger partial charge in [-0.2, -0.15) is 0 Å². The minimum Gasteiger partial charge on any atom is -0.492 e. The van der Waals surface area contributed by atoms with Crippen molar-refractivity contribution in [3.05, 3.63) is 53.5 Å². The second-order valence-corrected chi connectivity index (χ2v) is 5.37. The third-order valence-corrected chi connectivity index (χ3v) is 3.18. The van der Waals surface area contributed by atoms with Gasteiger partial charge in [0.15, 0.2) is 5.96 Å². The highest BCUT2D eigenvalue weighted by atomic mass is 16.5. The summed E-state index contributed by atoms with van der Waals surface area (Å²) >= 11 is 0. The molecule has 5 heteroatoms. The van der Waals surface area contributed by atoms with Gasteiger partial charge in [0.05, 0.1) is 12.8 Å². The largest absolute Gasteiger partial charge is 0.492 e. The van der Waals surface area contributed by atoms with Crippen LogP contribution >= 0.6 is 0 Å². The molecule has 5 nitrogen and oxygen atoms in total. The number of benzene rings is 1. The molecule has 0 saturated carbocycles. The molecule has 0 radical (unpaired) electrons. The Balaban J connectivity index is 1.78. The lowest BCUT2D eigenvalue weighted by atomic mass is 10.1. The van der Waals surface area contributed by atoms with Gasteiger partial charge in [-0.25, -0.2) is 4.99 Å². The molecule has 0 spiro atoms. The summed E-state index contributed by atoms with van der Waals surface area (Å²) in [6.07, 6.45) is 1.66. The lowest BCUT2D eigenvalue weighted by Crippen LogP contribution is -2.39. The topological polar surface area (TPSA) is 58.8 Å². The Labute approximate surface area is 137 Å². The van der Waals surface area contributed by atoms with E-state index in [1.807, 2.05) is 31.2 Å². The van der Waals surface area contributed by atoms with Crippen LogP contribution in [-0.2, 0) is 6.54 Å². The van der Waals surface area contributed by atoms with Crippen LogP contribution in [0.5, 0.6) is 5.75 Å². The molecule has 124 valence electrons. The molecule has 0 saturated heterocycles. The molecule has 1 aromatic heterocycles. The molecule has 0 unspecified atom stereocenters. The minimum atomic E-state index is 0.514. The SMILES string of the molecule is CCNC(=NCc1ccco1)NCCOc1cc(C)cc(C)c1. The third kappa shape index (κ3) is 6.06. The predicted octanol–water partition coefficient (Wildman–Crippen LogP) is 3.03. The molecular weight excluding hydrogens is 290 g/mol. The van der Waals surface area contributed by atoms with Crippen molar-refractivity contribution in [1.29, 1.82) is 0 Å².